The predicted molar refractivity (Wildman–Crippen MR) is 82.5 cm³/mol. The van der Waals surface area contributed by atoms with Crippen LogP contribution < -0.4 is 5.32 Å². The molecule has 1 N–H and O–H groups in total. The van der Waals surface area contributed by atoms with Crippen molar-refractivity contribution < 1.29 is 12.8 Å². The minimum absolute atomic E-state index is 0.00667. The third-order valence-electron chi connectivity index (χ3n) is 4.40. The fraction of sp³-hybridized carbons (Fsp3) is 0.733. The first-order valence-electron chi connectivity index (χ1n) is 7.48. The normalized spacial score (nSPS) is 22.6. The molecular weight excluding hydrogens is 288 g/mol. The third-order valence-corrected chi connectivity index (χ3v) is 6.09. The SMILES string of the molecule is CN(C)S(=O)(=O)c1ccc(CNC2CCCCC2(C)C)o1. The van der Waals surface area contributed by atoms with Gasteiger partial charge in [-0.1, -0.05) is 26.7 Å². The zero-order chi connectivity index (χ0) is 15.7. The van der Waals surface area contributed by atoms with E-state index in [4.69, 9.17) is 4.42 Å². The van der Waals surface area contributed by atoms with Crippen LogP contribution in [0.25, 0.3) is 0 Å². The van der Waals surface area contributed by atoms with E-state index in [1.165, 1.54) is 39.4 Å². The molecule has 21 heavy (non-hydrogen) atoms. The molecule has 0 spiro atoms. The smallest absolute Gasteiger partial charge is 0.275 e. The Hall–Kier alpha value is -0.850. The monoisotopic (exact) mass is 314 g/mol. The van der Waals surface area contributed by atoms with Gasteiger partial charge in [0, 0.05) is 20.1 Å². The van der Waals surface area contributed by atoms with Gasteiger partial charge < -0.3 is 9.73 Å². The Morgan fingerprint density at radius 3 is 2.67 bits per heavy atom. The van der Waals surface area contributed by atoms with E-state index in [0.29, 0.717) is 18.3 Å². The van der Waals surface area contributed by atoms with Crippen LogP contribution in [0.4, 0.5) is 0 Å². The Kier molecular flexibility index (Phi) is 4.80. The lowest BCUT2D eigenvalue weighted by Gasteiger charge is -2.39. The highest BCUT2D eigenvalue weighted by molar-refractivity contribution is 7.88. The van der Waals surface area contributed by atoms with E-state index in [2.05, 4.69) is 19.2 Å². The highest BCUT2D eigenvalue weighted by Crippen LogP contribution is 2.35. The maximum absolute atomic E-state index is 12.0. The van der Waals surface area contributed by atoms with E-state index in [9.17, 15) is 8.42 Å². The lowest BCUT2D eigenvalue weighted by atomic mass is 9.73. The Morgan fingerprint density at radius 1 is 1.33 bits per heavy atom. The first-order valence-corrected chi connectivity index (χ1v) is 8.92. The van der Waals surface area contributed by atoms with Gasteiger partial charge in [0.1, 0.15) is 5.76 Å². The van der Waals surface area contributed by atoms with Crippen LogP contribution >= 0.6 is 0 Å². The zero-order valence-electron chi connectivity index (χ0n) is 13.3. The molecular formula is C15H26N2O3S. The van der Waals surface area contributed by atoms with Gasteiger partial charge in [-0.25, -0.2) is 12.7 Å². The van der Waals surface area contributed by atoms with Gasteiger partial charge in [-0.3, -0.25) is 0 Å². The second-order valence-corrected chi connectivity index (χ2v) is 8.76. The van der Waals surface area contributed by atoms with Crippen molar-refractivity contribution >= 4 is 10.0 Å². The van der Waals surface area contributed by atoms with Crippen molar-refractivity contribution in [1.82, 2.24) is 9.62 Å². The van der Waals surface area contributed by atoms with E-state index in [1.807, 2.05) is 0 Å². The number of nitrogens with zero attached hydrogens (tertiary/aromatic N) is 1. The number of rotatable bonds is 5. The first kappa shape index (κ1) is 16.5. The molecule has 1 aromatic rings. The predicted octanol–water partition coefficient (Wildman–Crippen LogP) is 2.59. The molecule has 1 atom stereocenters. The molecule has 0 aliphatic heterocycles. The number of hydrogen-bond acceptors (Lipinski definition) is 4. The van der Waals surface area contributed by atoms with Crippen LogP contribution in [0, 0.1) is 5.41 Å². The van der Waals surface area contributed by atoms with Crippen molar-refractivity contribution in [2.75, 3.05) is 14.1 Å². The van der Waals surface area contributed by atoms with E-state index >= 15 is 0 Å². The van der Waals surface area contributed by atoms with Crippen LogP contribution in [-0.2, 0) is 16.6 Å². The van der Waals surface area contributed by atoms with Gasteiger partial charge in [0.2, 0.25) is 5.09 Å². The van der Waals surface area contributed by atoms with Gasteiger partial charge in [-0.15, -0.1) is 0 Å². The largest absolute Gasteiger partial charge is 0.447 e. The van der Waals surface area contributed by atoms with Crippen molar-refractivity contribution in [2.24, 2.45) is 5.41 Å². The van der Waals surface area contributed by atoms with Crippen LogP contribution in [0.5, 0.6) is 0 Å². The van der Waals surface area contributed by atoms with E-state index in [-0.39, 0.29) is 10.5 Å². The molecule has 1 aliphatic carbocycles. The van der Waals surface area contributed by atoms with Gasteiger partial charge in [0.15, 0.2) is 0 Å². The molecule has 120 valence electrons. The molecule has 0 radical (unpaired) electrons. The molecule has 0 amide bonds. The second-order valence-electron chi connectivity index (χ2n) is 6.68. The van der Waals surface area contributed by atoms with E-state index in [0.717, 1.165) is 10.7 Å². The molecule has 6 heteroatoms. The molecule has 1 aromatic heterocycles. The molecule has 0 aromatic carbocycles. The van der Waals surface area contributed by atoms with E-state index < -0.39 is 10.0 Å². The Balaban J connectivity index is 2.00. The Morgan fingerprint density at radius 2 is 2.05 bits per heavy atom. The molecule has 1 unspecified atom stereocenters. The third kappa shape index (κ3) is 3.67. The van der Waals surface area contributed by atoms with Crippen LogP contribution in [0.2, 0.25) is 0 Å². The molecule has 1 heterocycles. The van der Waals surface area contributed by atoms with Gasteiger partial charge in [0.25, 0.3) is 10.0 Å². The number of hydrogen-bond donors (Lipinski definition) is 1. The summed E-state index contributed by atoms with van der Waals surface area (Å²) in [7, 11) is -0.483. The number of nitrogens with one attached hydrogen (secondary N) is 1. The van der Waals surface area contributed by atoms with Crippen LogP contribution in [0.1, 0.15) is 45.3 Å². The highest BCUT2D eigenvalue weighted by atomic mass is 32.2. The summed E-state index contributed by atoms with van der Waals surface area (Å²) in [5, 5.41) is 3.53. The molecule has 1 saturated carbocycles. The molecule has 0 saturated heterocycles. The molecule has 1 fully saturated rings. The topological polar surface area (TPSA) is 62.6 Å². The number of sulfonamides is 1. The minimum Gasteiger partial charge on any atom is -0.447 e. The van der Waals surface area contributed by atoms with Crippen LogP contribution in [-0.4, -0.2) is 32.9 Å². The lowest BCUT2D eigenvalue weighted by Crippen LogP contribution is -2.43. The van der Waals surface area contributed by atoms with Gasteiger partial charge in [0.05, 0.1) is 6.54 Å². The summed E-state index contributed by atoms with van der Waals surface area (Å²) in [5.41, 5.74) is 0.281. The molecule has 2 rings (SSSR count). The summed E-state index contributed by atoms with van der Waals surface area (Å²) in [4.78, 5) is 0. The molecule has 0 bridgehead atoms. The van der Waals surface area contributed by atoms with Crippen LogP contribution in [0.15, 0.2) is 21.6 Å². The summed E-state index contributed by atoms with van der Waals surface area (Å²) in [6, 6.07) is 3.71. The standard InChI is InChI=1S/C15H26N2O3S/c1-15(2)10-6-5-7-13(15)16-11-12-8-9-14(20-12)21(18,19)17(3)4/h8-9,13,16H,5-7,10-11H2,1-4H3. The van der Waals surface area contributed by atoms with Crippen molar-refractivity contribution in [1.29, 1.82) is 0 Å². The second kappa shape index (κ2) is 6.10. The summed E-state index contributed by atoms with van der Waals surface area (Å²) in [6.45, 7) is 5.14. The fourth-order valence-corrected chi connectivity index (χ4v) is 3.68. The van der Waals surface area contributed by atoms with Crippen LogP contribution in [0.3, 0.4) is 0 Å². The summed E-state index contributed by atoms with van der Waals surface area (Å²) >= 11 is 0. The zero-order valence-corrected chi connectivity index (χ0v) is 14.2. The van der Waals surface area contributed by atoms with Gasteiger partial charge in [-0.2, -0.15) is 0 Å². The quantitative estimate of drug-likeness (QED) is 0.907. The molecule has 1 aliphatic rings. The van der Waals surface area contributed by atoms with Crippen molar-refractivity contribution in [3.63, 3.8) is 0 Å². The average Bonchev–Trinajstić information content (AvgIpc) is 2.86. The maximum atomic E-state index is 12.0. The minimum atomic E-state index is -3.48. The Labute approximate surface area is 127 Å². The maximum Gasteiger partial charge on any atom is 0.275 e. The van der Waals surface area contributed by atoms with Gasteiger partial charge in [-0.05, 0) is 30.4 Å². The summed E-state index contributed by atoms with van der Waals surface area (Å²) in [5.74, 6) is 0.664. The number of furan rings is 1. The summed E-state index contributed by atoms with van der Waals surface area (Å²) in [6.07, 6.45) is 4.93. The molecule has 5 nitrogen and oxygen atoms in total. The van der Waals surface area contributed by atoms with Crippen molar-refractivity contribution in [3.8, 4) is 0 Å². The first-order chi connectivity index (χ1) is 9.73. The highest BCUT2D eigenvalue weighted by Gasteiger charge is 2.31. The Bertz CT molecular complexity index is 575. The lowest BCUT2D eigenvalue weighted by molar-refractivity contribution is 0.163. The fourth-order valence-electron chi connectivity index (χ4n) is 2.87. The van der Waals surface area contributed by atoms with Gasteiger partial charge >= 0.3 is 0 Å². The van der Waals surface area contributed by atoms with E-state index in [1.54, 1.807) is 6.07 Å². The summed E-state index contributed by atoms with van der Waals surface area (Å²) < 4.78 is 30.6. The van der Waals surface area contributed by atoms with Crippen molar-refractivity contribution in [3.05, 3.63) is 17.9 Å². The average molecular weight is 314 g/mol. The van der Waals surface area contributed by atoms with Crippen molar-refractivity contribution in [2.45, 2.75) is 57.2 Å².